The molecule has 0 saturated carbocycles. The van der Waals surface area contributed by atoms with E-state index in [1.54, 1.807) is 0 Å². The lowest BCUT2D eigenvalue weighted by molar-refractivity contribution is -0.117. The summed E-state index contributed by atoms with van der Waals surface area (Å²) in [7, 11) is 0. The lowest BCUT2D eigenvalue weighted by atomic mass is 9.93. The molecule has 1 amide bonds. The number of carbonyl (C=O) groups excluding carboxylic acids is 1. The summed E-state index contributed by atoms with van der Waals surface area (Å²) in [5, 5.41) is 2.87. The molecule has 90 valence electrons. The number of hydrogen-bond acceptors (Lipinski definition) is 2. The first-order chi connectivity index (χ1) is 8.75. The molecule has 3 nitrogen and oxygen atoms in total. The van der Waals surface area contributed by atoms with Crippen LogP contribution in [0.2, 0.25) is 0 Å². The number of rotatable bonds is 2. The highest BCUT2D eigenvalue weighted by Crippen LogP contribution is 2.38. The SMILES string of the molecule is Nc1cccc2c1NC(=O)C2Cc1ccccc1. The first-order valence-electron chi connectivity index (χ1n) is 5.99. The van der Waals surface area contributed by atoms with E-state index in [0.29, 0.717) is 12.1 Å². The van der Waals surface area contributed by atoms with Gasteiger partial charge in [-0.3, -0.25) is 4.79 Å². The molecule has 1 unspecified atom stereocenters. The van der Waals surface area contributed by atoms with Crippen molar-refractivity contribution < 1.29 is 4.79 Å². The van der Waals surface area contributed by atoms with Gasteiger partial charge in [0.2, 0.25) is 5.91 Å². The Morgan fingerprint density at radius 2 is 1.83 bits per heavy atom. The van der Waals surface area contributed by atoms with Gasteiger partial charge in [0.05, 0.1) is 17.3 Å². The van der Waals surface area contributed by atoms with Crippen LogP contribution in [0.5, 0.6) is 0 Å². The number of amides is 1. The molecule has 2 aromatic rings. The molecule has 2 aromatic carbocycles. The van der Waals surface area contributed by atoms with Crippen molar-refractivity contribution in [3.8, 4) is 0 Å². The maximum Gasteiger partial charge on any atom is 0.232 e. The van der Waals surface area contributed by atoms with E-state index in [4.69, 9.17) is 5.73 Å². The molecule has 0 bridgehead atoms. The fourth-order valence-electron chi connectivity index (χ4n) is 2.43. The molecule has 1 heterocycles. The second kappa shape index (κ2) is 4.18. The quantitative estimate of drug-likeness (QED) is 0.790. The summed E-state index contributed by atoms with van der Waals surface area (Å²) in [6, 6.07) is 15.7. The molecule has 0 aliphatic carbocycles. The molecule has 1 atom stereocenters. The molecule has 0 spiro atoms. The van der Waals surface area contributed by atoms with Crippen LogP contribution in [0.4, 0.5) is 11.4 Å². The molecule has 0 aromatic heterocycles. The third-order valence-electron chi connectivity index (χ3n) is 3.35. The maximum atomic E-state index is 12.0. The van der Waals surface area contributed by atoms with Crippen LogP contribution in [0, 0.1) is 0 Å². The van der Waals surface area contributed by atoms with Crippen molar-refractivity contribution in [2.75, 3.05) is 11.1 Å². The van der Waals surface area contributed by atoms with Crippen molar-refractivity contribution in [3.05, 3.63) is 59.7 Å². The zero-order chi connectivity index (χ0) is 12.5. The Morgan fingerprint density at radius 3 is 2.61 bits per heavy atom. The fourth-order valence-corrected chi connectivity index (χ4v) is 2.43. The highest BCUT2D eigenvalue weighted by atomic mass is 16.2. The third-order valence-corrected chi connectivity index (χ3v) is 3.35. The van der Waals surface area contributed by atoms with Gasteiger partial charge in [0.1, 0.15) is 0 Å². The van der Waals surface area contributed by atoms with E-state index in [1.165, 1.54) is 0 Å². The zero-order valence-corrected chi connectivity index (χ0v) is 9.89. The lowest BCUT2D eigenvalue weighted by Crippen LogP contribution is -2.14. The van der Waals surface area contributed by atoms with E-state index >= 15 is 0 Å². The first-order valence-corrected chi connectivity index (χ1v) is 5.99. The summed E-state index contributed by atoms with van der Waals surface area (Å²) < 4.78 is 0. The Labute approximate surface area is 106 Å². The Bertz CT molecular complexity index is 593. The van der Waals surface area contributed by atoms with Crippen LogP contribution in [-0.2, 0) is 11.2 Å². The van der Waals surface area contributed by atoms with E-state index in [2.05, 4.69) is 5.32 Å². The number of benzene rings is 2. The summed E-state index contributed by atoms with van der Waals surface area (Å²) in [4.78, 5) is 12.0. The van der Waals surface area contributed by atoms with Gasteiger partial charge in [-0.25, -0.2) is 0 Å². The maximum absolute atomic E-state index is 12.0. The minimum Gasteiger partial charge on any atom is -0.397 e. The first kappa shape index (κ1) is 10.8. The normalized spacial score (nSPS) is 17.3. The van der Waals surface area contributed by atoms with Crippen molar-refractivity contribution in [2.24, 2.45) is 0 Å². The summed E-state index contributed by atoms with van der Waals surface area (Å²) in [6.45, 7) is 0. The number of fused-ring (bicyclic) bond motifs is 1. The van der Waals surface area contributed by atoms with Crippen molar-refractivity contribution in [1.29, 1.82) is 0 Å². The van der Waals surface area contributed by atoms with E-state index in [0.717, 1.165) is 16.8 Å². The van der Waals surface area contributed by atoms with Crippen LogP contribution in [0.25, 0.3) is 0 Å². The Hall–Kier alpha value is -2.29. The second-order valence-corrected chi connectivity index (χ2v) is 4.54. The number of nitrogens with one attached hydrogen (secondary N) is 1. The molecule has 18 heavy (non-hydrogen) atoms. The summed E-state index contributed by atoms with van der Waals surface area (Å²) >= 11 is 0. The lowest BCUT2D eigenvalue weighted by Gasteiger charge is -2.08. The third kappa shape index (κ3) is 1.74. The molecule has 3 heteroatoms. The van der Waals surface area contributed by atoms with E-state index in [9.17, 15) is 4.79 Å². The van der Waals surface area contributed by atoms with Crippen LogP contribution in [0.1, 0.15) is 17.0 Å². The van der Waals surface area contributed by atoms with Gasteiger partial charge in [0.15, 0.2) is 0 Å². The number of para-hydroxylation sites is 1. The molecule has 1 aliphatic heterocycles. The molecular weight excluding hydrogens is 224 g/mol. The predicted molar refractivity (Wildman–Crippen MR) is 72.4 cm³/mol. The van der Waals surface area contributed by atoms with Gasteiger partial charge < -0.3 is 11.1 Å². The number of anilines is 2. The molecule has 0 saturated heterocycles. The molecule has 0 fully saturated rings. The highest BCUT2D eigenvalue weighted by Gasteiger charge is 2.31. The minimum atomic E-state index is -0.133. The predicted octanol–water partition coefficient (Wildman–Crippen LogP) is 2.55. The van der Waals surface area contributed by atoms with Gasteiger partial charge in [-0.05, 0) is 23.6 Å². The molecule has 1 aliphatic rings. The summed E-state index contributed by atoms with van der Waals surface area (Å²) in [5.41, 5.74) is 9.46. The average molecular weight is 238 g/mol. The van der Waals surface area contributed by atoms with Crippen molar-refractivity contribution in [2.45, 2.75) is 12.3 Å². The van der Waals surface area contributed by atoms with Crippen LogP contribution >= 0.6 is 0 Å². The summed E-state index contributed by atoms with van der Waals surface area (Å²) in [6.07, 6.45) is 0.711. The molecular formula is C15H14N2O. The fraction of sp³-hybridized carbons (Fsp3) is 0.133. The Balaban J connectivity index is 1.95. The average Bonchev–Trinajstić information content (AvgIpc) is 2.70. The van der Waals surface area contributed by atoms with Crippen LogP contribution < -0.4 is 11.1 Å². The highest BCUT2D eigenvalue weighted by molar-refractivity contribution is 6.05. The van der Waals surface area contributed by atoms with E-state index in [-0.39, 0.29) is 11.8 Å². The van der Waals surface area contributed by atoms with E-state index < -0.39 is 0 Å². The zero-order valence-electron chi connectivity index (χ0n) is 9.89. The van der Waals surface area contributed by atoms with Crippen molar-refractivity contribution in [3.63, 3.8) is 0 Å². The standard InChI is InChI=1S/C15H14N2O/c16-13-8-4-7-11-12(15(18)17-14(11)13)9-10-5-2-1-3-6-10/h1-8,12H,9,16H2,(H,17,18). The van der Waals surface area contributed by atoms with Crippen LogP contribution in [0.3, 0.4) is 0 Å². The van der Waals surface area contributed by atoms with Gasteiger partial charge in [-0.1, -0.05) is 42.5 Å². The molecule has 3 N–H and O–H groups in total. The van der Waals surface area contributed by atoms with Crippen LogP contribution in [-0.4, -0.2) is 5.91 Å². The summed E-state index contributed by atoms with van der Waals surface area (Å²) in [5.74, 6) is -0.0994. The Kier molecular flexibility index (Phi) is 2.52. The monoisotopic (exact) mass is 238 g/mol. The second-order valence-electron chi connectivity index (χ2n) is 4.54. The smallest absolute Gasteiger partial charge is 0.232 e. The van der Waals surface area contributed by atoms with Gasteiger partial charge in [0, 0.05) is 0 Å². The largest absolute Gasteiger partial charge is 0.397 e. The molecule has 3 rings (SSSR count). The van der Waals surface area contributed by atoms with Crippen LogP contribution in [0.15, 0.2) is 48.5 Å². The number of hydrogen-bond donors (Lipinski definition) is 2. The van der Waals surface area contributed by atoms with Gasteiger partial charge in [-0.2, -0.15) is 0 Å². The van der Waals surface area contributed by atoms with Crippen molar-refractivity contribution in [1.82, 2.24) is 0 Å². The number of nitrogen functional groups attached to an aromatic ring is 1. The molecule has 0 radical (unpaired) electrons. The van der Waals surface area contributed by atoms with Gasteiger partial charge in [-0.15, -0.1) is 0 Å². The van der Waals surface area contributed by atoms with Crippen molar-refractivity contribution >= 4 is 17.3 Å². The van der Waals surface area contributed by atoms with Gasteiger partial charge >= 0.3 is 0 Å². The number of nitrogens with two attached hydrogens (primary N) is 1. The topological polar surface area (TPSA) is 55.1 Å². The minimum absolute atomic E-state index is 0.0340. The Morgan fingerprint density at radius 1 is 1.06 bits per heavy atom. The van der Waals surface area contributed by atoms with E-state index in [1.807, 2.05) is 48.5 Å². The van der Waals surface area contributed by atoms with Gasteiger partial charge in [0.25, 0.3) is 0 Å². The number of carbonyl (C=O) groups is 1.